The number of pyridine rings is 1. The SMILES string of the molecule is O=C(Nc1cccc(F)c1)NC(Cc1ccccc1)(c1ccc(Cl)nc1)c1cc(F)cc(C(F)(F)F)c1. The fourth-order valence-corrected chi connectivity index (χ4v) is 4.12. The van der Waals surface area contributed by atoms with Crippen molar-refractivity contribution < 1.29 is 26.7 Å². The molecule has 1 unspecified atom stereocenters. The van der Waals surface area contributed by atoms with E-state index in [1.54, 1.807) is 30.3 Å². The summed E-state index contributed by atoms with van der Waals surface area (Å²) < 4.78 is 69.3. The van der Waals surface area contributed by atoms with Crippen molar-refractivity contribution in [3.8, 4) is 0 Å². The Morgan fingerprint density at radius 2 is 1.54 bits per heavy atom. The number of halogens is 6. The molecule has 0 aliphatic carbocycles. The van der Waals surface area contributed by atoms with Gasteiger partial charge in [-0.1, -0.05) is 54.1 Å². The number of carbonyl (C=O) groups excluding carboxylic acids is 1. The Morgan fingerprint density at radius 3 is 2.19 bits per heavy atom. The number of urea groups is 1. The minimum atomic E-state index is -4.85. The molecule has 0 fully saturated rings. The number of hydrogen-bond donors (Lipinski definition) is 2. The van der Waals surface area contributed by atoms with Crippen LogP contribution in [0, 0.1) is 11.6 Å². The Kier molecular flexibility index (Phi) is 7.45. The van der Waals surface area contributed by atoms with Gasteiger partial charge in [0.15, 0.2) is 0 Å². The van der Waals surface area contributed by atoms with Crippen LogP contribution < -0.4 is 10.6 Å². The number of hydrogen-bond acceptors (Lipinski definition) is 2. The van der Waals surface area contributed by atoms with E-state index < -0.39 is 34.9 Å². The van der Waals surface area contributed by atoms with Crippen LogP contribution in [-0.2, 0) is 18.1 Å². The van der Waals surface area contributed by atoms with E-state index in [0.29, 0.717) is 11.6 Å². The van der Waals surface area contributed by atoms with Gasteiger partial charge in [-0.3, -0.25) is 0 Å². The molecule has 1 heterocycles. The van der Waals surface area contributed by atoms with Crippen LogP contribution in [0.2, 0.25) is 5.15 Å². The topological polar surface area (TPSA) is 54.0 Å². The third-order valence-electron chi connectivity index (χ3n) is 5.66. The van der Waals surface area contributed by atoms with E-state index >= 15 is 0 Å². The van der Waals surface area contributed by atoms with Crippen LogP contribution in [0.15, 0.2) is 91.1 Å². The Labute approximate surface area is 214 Å². The maximum atomic E-state index is 14.6. The summed E-state index contributed by atoms with van der Waals surface area (Å²) in [5, 5.41) is 5.31. The first-order valence-corrected chi connectivity index (χ1v) is 11.3. The van der Waals surface area contributed by atoms with Gasteiger partial charge in [0.05, 0.1) is 11.1 Å². The molecule has 4 nitrogen and oxygen atoms in total. The summed E-state index contributed by atoms with van der Waals surface area (Å²) in [6.45, 7) is 0. The van der Waals surface area contributed by atoms with E-state index in [9.17, 15) is 26.7 Å². The molecule has 1 aromatic heterocycles. The second-order valence-electron chi connectivity index (χ2n) is 8.25. The number of nitrogens with one attached hydrogen (secondary N) is 2. The number of carbonyl (C=O) groups is 1. The zero-order valence-electron chi connectivity index (χ0n) is 19.0. The summed E-state index contributed by atoms with van der Waals surface area (Å²) in [6.07, 6.45) is -3.63. The number of amides is 2. The predicted molar refractivity (Wildman–Crippen MR) is 130 cm³/mol. The van der Waals surface area contributed by atoms with E-state index in [2.05, 4.69) is 15.6 Å². The lowest BCUT2D eigenvalue weighted by atomic mass is 9.78. The van der Waals surface area contributed by atoms with Gasteiger partial charge in [-0.25, -0.2) is 18.6 Å². The van der Waals surface area contributed by atoms with Crippen molar-refractivity contribution in [1.82, 2.24) is 10.3 Å². The fourth-order valence-electron chi connectivity index (χ4n) is 4.01. The molecule has 4 aromatic rings. The monoisotopic (exact) mass is 531 g/mol. The molecule has 0 spiro atoms. The first kappa shape index (κ1) is 26.1. The molecule has 0 aliphatic rings. The fraction of sp³-hybridized carbons (Fsp3) is 0.111. The molecule has 2 amide bonds. The van der Waals surface area contributed by atoms with Gasteiger partial charge in [-0.2, -0.15) is 13.2 Å². The van der Waals surface area contributed by atoms with Crippen molar-refractivity contribution in [2.45, 2.75) is 18.1 Å². The number of nitrogens with zero attached hydrogens (tertiary/aromatic N) is 1. The molecule has 0 saturated heterocycles. The second kappa shape index (κ2) is 10.6. The molecule has 0 bridgehead atoms. The summed E-state index contributed by atoms with van der Waals surface area (Å²) in [6, 6.07) is 17.8. The van der Waals surface area contributed by atoms with Crippen LogP contribution >= 0.6 is 11.6 Å². The summed E-state index contributed by atoms with van der Waals surface area (Å²) >= 11 is 5.95. The van der Waals surface area contributed by atoms with Crippen molar-refractivity contribution in [2.24, 2.45) is 0 Å². The normalized spacial score (nSPS) is 13.0. The molecule has 3 aromatic carbocycles. The molecule has 1 atom stereocenters. The Balaban J connectivity index is 1.91. The van der Waals surface area contributed by atoms with E-state index in [0.717, 1.165) is 18.2 Å². The Hall–Kier alpha value is -3.98. The highest BCUT2D eigenvalue weighted by molar-refractivity contribution is 6.29. The maximum absolute atomic E-state index is 14.6. The van der Waals surface area contributed by atoms with Crippen LogP contribution in [0.3, 0.4) is 0 Å². The first-order chi connectivity index (χ1) is 17.5. The standard InChI is InChI=1S/C27H19ClF5N3O/c28-24-10-9-18(16-34-24)26(15-17-5-2-1-3-6-17,19-11-20(27(31,32)33)13-22(30)12-19)36-25(37)35-23-8-4-7-21(29)14-23/h1-14,16H,15H2,(H2,35,36,37). The van der Waals surface area contributed by atoms with Crippen LogP contribution in [0.25, 0.3) is 0 Å². The van der Waals surface area contributed by atoms with Crippen molar-refractivity contribution in [3.05, 3.63) is 130 Å². The zero-order chi connectivity index (χ0) is 26.6. The van der Waals surface area contributed by atoms with Crippen molar-refractivity contribution in [3.63, 3.8) is 0 Å². The molecule has 0 radical (unpaired) electrons. The van der Waals surface area contributed by atoms with Gasteiger partial charge in [0.2, 0.25) is 0 Å². The van der Waals surface area contributed by atoms with Gasteiger partial charge < -0.3 is 10.6 Å². The molecule has 10 heteroatoms. The van der Waals surface area contributed by atoms with Gasteiger partial charge in [0, 0.05) is 23.9 Å². The van der Waals surface area contributed by atoms with Crippen molar-refractivity contribution in [1.29, 1.82) is 0 Å². The van der Waals surface area contributed by atoms with Crippen molar-refractivity contribution >= 4 is 23.3 Å². The Morgan fingerprint density at radius 1 is 0.811 bits per heavy atom. The zero-order valence-corrected chi connectivity index (χ0v) is 19.7. The quantitative estimate of drug-likeness (QED) is 0.202. The highest BCUT2D eigenvalue weighted by Crippen LogP contribution is 2.38. The summed E-state index contributed by atoms with van der Waals surface area (Å²) in [7, 11) is 0. The molecule has 0 aliphatic heterocycles. The molecule has 0 saturated carbocycles. The summed E-state index contributed by atoms with van der Waals surface area (Å²) in [5.41, 5.74) is -2.17. The van der Waals surface area contributed by atoms with E-state index in [1.165, 1.54) is 36.5 Å². The van der Waals surface area contributed by atoms with Gasteiger partial charge in [0.1, 0.15) is 16.8 Å². The lowest BCUT2D eigenvalue weighted by Crippen LogP contribution is -2.50. The highest BCUT2D eigenvalue weighted by Gasteiger charge is 2.40. The van der Waals surface area contributed by atoms with E-state index in [-0.39, 0.29) is 28.4 Å². The van der Waals surface area contributed by atoms with Crippen molar-refractivity contribution in [2.75, 3.05) is 5.32 Å². The second-order valence-corrected chi connectivity index (χ2v) is 8.64. The van der Waals surface area contributed by atoms with Crippen LogP contribution in [0.4, 0.5) is 32.4 Å². The number of rotatable bonds is 6. The smallest absolute Gasteiger partial charge is 0.324 e. The van der Waals surface area contributed by atoms with Gasteiger partial charge >= 0.3 is 12.2 Å². The highest BCUT2D eigenvalue weighted by atomic mass is 35.5. The summed E-state index contributed by atoms with van der Waals surface area (Å²) in [4.78, 5) is 17.2. The average Bonchev–Trinajstić information content (AvgIpc) is 2.84. The number of benzene rings is 3. The minimum Gasteiger partial charge on any atom is -0.324 e. The lowest BCUT2D eigenvalue weighted by molar-refractivity contribution is -0.137. The van der Waals surface area contributed by atoms with Crippen LogP contribution in [0.1, 0.15) is 22.3 Å². The third kappa shape index (κ3) is 6.24. The van der Waals surface area contributed by atoms with Gasteiger partial charge in [-0.05, 0) is 53.6 Å². The van der Waals surface area contributed by atoms with E-state index in [1.807, 2.05) is 0 Å². The number of anilines is 1. The third-order valence-corrected chi connectivity index (χ3v) is 5.88. The van der Waals surface area contributed by atoms with Crippen LogP contribution in [0.5, 0.6) is 0 Å². The molecule has 4 rings (SSSR count). The van der Waals surface area contributed by atoms with E-state index in [4.69, 9.17) is 11.6 Å². The van der Waals surface area contributed by atoms with Gasteiger partial charge in [0.25, 0.3) is 0 Å². The largest absolute Gasteiger partial charge is 0.416 e. The Bertz CT molecular complexity index is 1400. The van der Waals surface area contributed by atoms with Gasteiger partial charge in [-0.15, -0.1) is 0 Å². The number of alkyl halides is 3. The average molecular weight is 532 g/mol. The van der Waals surface area contributed by atoms with Crippen LogP contribution in [-0.4, -0.2) is 11.0 Å². The number of aromatic nitrogens is 1. The first-order valence-electron chi connectivity index (χ1n) is 10.9. The molecule has 2 N–H and O–H groups in total. The minimum absolute atomic E-state index is 0.0749. The predicted octanol–water partition coefficient (Wildman–Crippen LogP) is 7.34. The molecule has 37 heavy (non-hydrogen) atoms. The molecular formula is C27H19ClF5N3O. The maximum Gasteiger partial charge on any atom is 0.416 e. The molecular weight excluding hydrogens is 513 g/mol. The lowest BCUT2D eigenvalue weighted by Gasteiger charge is -2.36. The summed E-state index contributed by atoms with van der Waals surface area (Å²) in [5.74, 6) is -1.74. The molecule has 190 valence electrons.